The first kappa shape index (κ1) is 13.8. The van der Waals surface area contributed by atoms with E-state index in [1.54, 1.807) is 11.3 Å². The van der Waals surface area contributed by atoms with E-state index in [0.29, 0.717) is 5.91 Å². The van der Waals surface area contributed by atoms with Crippen LogP contribution in [-0.2, 0) is 4.79 Å². The maximum absolute atomic E-state index is 12.8. The van der Waals surface area contributed by atoms with Crippen molar-refractivity contribution < 1.29 is 4.79 Å². The van der Waals surface area contributed by atoms with Crippen molar-refractivity contribution in [2.24, 2.45) is 5.41 Å². The van der Waals surface area contributed by atoms with Crippen LogP contribution in [0.4, 0.5) is 5.13 Å². The van der Waals surface area contributed by atoms with Gasteiger partial charge in [0.25, 0.3) is 0 Å². The van der Waals surface area contributed by atoms with E-state index in [9.17, 15) is 4.79 Å². The van der Waals surface area contributed by atoms with Gasteiger partial charge in [0.2, 0.25) is 5.91 Å². The number of hydrogen-bond acceptors (Lipinski definition) is 5. The Labute approximate surface area is 124 Å². The number of hydrogen-bond donors (Lipinski definition) is 1. The maximum Gasteiger partial charge on any atom is 0.230 e. The van der Waals surface area contributed by atoms with Crippen molar-refractivity contribution in [1.29, 1.82) is 0 Å². The zero-order chi connectivity index (χ0) is 14.0. The zero-order valence-electron chi connectivity index (χ0n) is 12.0. The number of nitrogens with one attached hydrogen (secondary N) is 1. The third-order valence-corrected chi connectivity index (χ3v) is 5.46. The summed E-state index contributed by atoms with van der Waals surface area (Å²) in [4.78, 5) is 21.5. The highest BCUT2D eigenvalue weighted by Crippen LogP contribution is 2.32. The number of carbonyl (C=O) groups is 1. The van der Waals surface area contributed by atoms with Crippen molar-refractivity contribution in [3.05, 3.63) is 11.6 Å². The highest BCUT2D eigenvalue weighted by molar-refractivity contribution is 7.13. The van der Waals surface area contributed by atoms with E-state index >= 15 is 0 Å². The van der Waals surface area contributed by atoms with Crippen LogP contribution >= 0.6 is 11.3 Å². The lowest BCUT2D eigenvalue weighted by molar-refractivity contribution is -0.141. The van der Waals surface area contributed by atoms with Gasteiger partial charge < -0.3 is 15.1 Å². The molecule has 1 N–H and O–H groups in total. The molecule has 2 saturated heterocycles. The summed E-state index contributed by atoms with van der Waals surface area (Å²) in [6.07, 6.45) is 3.76. The normalized spacial score (nSPS) is 27.1. The summed E-state index contributed by atoms with van der Waals surface area (Å²) in [5, 5.41) is 6.43. The molecule has 0 bridgehead atoms. The molecule has 1 aromatic heterocycles. The predicted molar refractivity (Wildman–Crippen MR) is 81.1 cm³/mol. The van der Waals surface area contributed by atoms with E-state index in [1.807, 2.05) is 11.6 Å². The minimum atomic E-state index is -0.149. The quantitative estimate of drug-likeness (QED) is 0.909. The van der Waals surface area contributed by atoms with E-state index in [-0.39, 0.29) is 5.41 Å². The summed E-state index contributed by atoms with van der Waals surface area (Å²) in [6, 6.07) is 0. The topological polar surface area (TPSA) is 48.5 Å². The molecule has 5 nitrogen and oxygen atoms in total. The molecular weight excluding hydrogens is 272 g/mol. The summed E-state index contributed by atoms with van der Waals surface area (Å²) in [7, 11) is 0. The van der Waals surface area contributed by atoms with Gasteiger partial charge in [-0.25, -0.2) is 4.98 Å². The minimum Gasteiger partial charge on any atom is -0.345 e. The summed E-state index contributed by atoms with van der Waals surface area (Å²) in [6.45, 7) is 7.38. The third kappa shape index (κ3) is 2.42. The summed E-state index contributed by atoms with van der Waals surface area (Å²) >= 11 is 1.67. The van der Waals surface area contributed by atoms with Crippen molar-refractivity contribution in [2.45, 2.75) is 19.8 Å². The fourth-order valence-corrected chi connectivity index (χ4v) is 3.88. The molecule has 1 unspecified atom stereocenters. The van der Waals surface area contributed by atoms with Crippen LogP contribution in [0.2, 0.25) is 0 Å². The average Bonchev–Trinajstić information content (AvgIpc) is 3.18. The molecule has 2 fully saturated rings. The molecule has 110 valence electrons. The number of thiazole rings is 1. The van der Waals surface area contributed by atoms with Crippen LogP contribution in [0.3, 0.4) is 0 Å². The number of amides is 1. The Kier molecular flexibility index (Phi) is 3.94. The predicted octanol–water partition coefficient (Wildman–Crippen LogP) is 1.18. The van der Waals surface area contributed by atoms with Gasteiger partial charge in [-0.1, -0.05) is 6.92 Å². The lowest BCUT2D eigenvalue weighted by Gasteiger charge is -2.39. The molecule has 2 aliphatic rings. The number of nitrogens with zero attached hydrogens (tertiary/aromatic N) is 3. The summed E-state index contributed by atoms with van der Waals surface area (Å²) in [5.74, 6) is 0.351. The van der Waals surface area contributed by atoms with Gasteiger partial charge in [0.05, 0.1) is 5.41 Å². The number of aromatic nitrogens is 1. The molecule has 1 amide bonds. The van der Waals surface area contributed by atoms with E-state index in [1.165, 1.54) is 0 Å². The van der Waals surface area contributed by atoms with Gasteiger partial charge in [0, 0.05) is 44.3 Å². The van der Waals surface area contributed by atoms with Crippen molar-refractivity contribution in [3.8, 4) is 0 Å². The highest BCUT2D eigenvalue weighted by atomic mass is 32.1. The highest BCUT2D eigenvalue weighted by Gasteiger charge is 2.42. The van der Waals surface area contributed by atoms with E-state index in [0.717, 1.165) is 57.2 Å². The molecule has 1 aromatic rings. The van der Waals surface area contributed by atoms with E-state index in [4.69, 9.17) is 0 Å². The number of anilines is 1. The third-order valence-electron chi connectivity index (χ3n) is 4.63. The Morgan fingerprint density at radius 3 is 2.80 bits per heavy atom. The molecule has 1 atom stereocenters. The van der Waals surface area contributed by atoms with Gasteiger partial charge in [-0.05, 0) is 19.4 Å². The van der Waals surface area contributed by atoms with Crippen LogP contribution in [0.15, 0.2) is 11.6 Å². The summed E-state index contributed by atoms with van der Waals surface area (Å²) in [5.41, 5.74) is -0.149. The van der Waals surface area contributed by atoms with Gasteiger partial charge >= 0.3 is 0 Å². The van der Waals surface area contributed by atoms with Crippen molar-refractivity contribution >= 4 is 22.4 Å². The van der Waals surface area contributed by atoms with Crippen molar-refractivity contribution in [1.82, 2.24) is 15.2 Å². The zero-order valence-corrected chi connectivity index (χ0v) is 12.8. The first-order valence-electron chi connectivity index (χ1n) is 7.40. The molecule has 0 saturated carbocycles. The van der Waals surface area contributed by atoms with Crippen LogP contribution in [0.5, 0.6) is 0 Å². The smallest absolute Gasteiger partial charge is 0.230 e. The molecule has 0 aromatic carbocycles. The molecule has 2 aliphatic heterocycles. The average molecular weight is 294 g/mol. The Balaban J connectivity index is 1.61. The van der Waals surface area contributed by atoms with E-state index in [2.05, 4.69) is 27.0 Å². The monoisotopic (exact) mass is 294 g/mol. The Hall–Kier alpha value is -1.14. The van der Waals surface area contributed by atoms with Crippen LogP contribution in [0.25, 0.3) is 0 Å². The fourth-order valence-electron chi connectivity index (χ4n) is 3.19. The Morgan fingerprint density at radius 1 is 1.45 bits per heavy atom. The maximum atomic E-state index is 12.8. The molecule has 0 aliphatic carbocycles. The fraction of sp³-hybridized carbons (Fsp3) is 0.714. The summed E-state index contributed by atoms with van der Waals surface area (Å²) < 4.78 is 0. The van der Waals surface area contributed by atoms with Gasteiger partial charge in [0.15, 0.2) is 5.13 Å². The Morgan fingerprint density at radius 2 is 2.25 bits per heavy atom. The lowest BCUT2D eigenvalue weighted by atomic mass is 9.82. The van der Waals surface area contributed by atoms with Crippen molar-refractivity contribution in [3.63, 3.8) is 0 Å². The van der Waals surface area contributed by atoms with Crippen LogP contribution < -0.4 is 10.2 Å². The molecule has 0 radical (unpaired) electrons. The van der Waals surface area contributed by atoms with Gasteiger partial charge in [-0.3, -0.25) is 4.79 Å². The molecule has 3 rings (SSSR count). The number of piperazine rings is 1. The first-order chi connectivity index (χ1) is 9.75. The number of carbonyl (C=O) groups excluding carboxylic acids is 1. The van der Waals surface area contributed by atoms with Crippen LogP contribution in [0.1, 0.15) is 19.8 Å². The second-order valence-electron chi connectivity index (χ2n) is 5.65. The second kappa shape index (κ2) is 5.69. The standard InChI is InChI=1S/C14H22N4OS/c1-2-14(3-4-15-11-14)12(19)17-6-8-18(9-7-17)13-16-5-10-20-13/h5,10,15H,2-4,6-9,11H2,1H3. The lowest BCUT2D eigenvalue weighted by Crippen LogP contribution is -2.53. The molecular formula is C14H22N4OS. The van der Waals surface area contributed by atoms with Gasteiger partial charge in [-0.15, -0.1) is 11.3 Å². The van der Waals surface area contributed by atoms with Crippen molar-refractivity contribution in [2.75, 3.05) is 44.2 Å². The minimum absolute atomic E-state index is 0.149. The number of rotatable bonds is 3. The SMILES string of the molecule is CCC1(C(=O)N2CCN(c3nccs3)CC2)CCNC1. The van der Waals surface area contributed by atoms with Gasteiger partial charge in [-0.2, -0.15) is 0 Å². The van der Waals surface area contributed by atoms with Gasteiger partial charge in [0.1, 0.15) is 0 Å². The van der Waals surface area contributed by atoms with Crippen LogP contribution in [-0.4, -0.2) is 55.1 Å². The molecule has 3 heterocycles. The van der Waals surface area contributed by atoms with E-state index < -0.39 is 0 Å². The first-order valence-corrected chi connectivity index (χ1v) is 8.28. The van der Waals surface area contributed by atoms with Crippen LogP contribution in [0, 0.1) is 5.41 Å². The second-order valence-corrected chi connectivity index (χ2v) is 6.53. The Bertz CT molecular complexity index is 448. The molecule has 6 heteroatoms. The molecule has 0 spiro atoms. The molecule has 20 heavy (non-hydrogen) atoms. The largest absolute Gasteiger partial charge is 0.345 e.